The maximum absolute atomic E-state index is 6.30. The number of anilines is 1. The number of ether oxygens (including phenoxy) is 3. The molecule has 3 rings (SSSR count). The highest BCUT2D eigenvalue weighted by atomic mass is 79.9. The van der Waals surface area contributed by atoms with E-state index in [1.165, 1.54) is 0 Å². The van der Waals surface area contributed by atoms with Crippen LogP contribution in [-0.4, -0.2) is 24.6 Å². The molecule has 128 valence electrons. The molecule has 0 saturated carbocycles. The summed E-state index contributed by atoms with van der Waals surface area (Å²) in [6.45, 7) is 0.767. The predicted octanol–water partition coefficient (Wildman–Crippen LogP) is 4.62. The lowest BCUT2D eigenvalue weighted by molar-refractivity contribution is -0.159. The average Bonchev–Trinajstić information content (AvgIpc) is 2.99. The molecule has 2 unspecified atom stereocenters. The number of halogens is 3. The molecule has 2 aromatic carbocycles. The van der Waals surface area contributed by atoms with Gasteiger partial charge < -0.3 is 19.9 Å². The summed E-state index contributed by atoms with van der Waals surface area (Å²) in [5.41, 5.74) is 7.09. The van der Waals surface area contributed by atoms with E-state index in [9.17, 15) is 0 Å². The van der Waals surface area contributed by atoms with Crippen LogP contribution < -0.4 is 10.5 Å². The molecule has 1 aliphatic rings. The first-order chi connectivity index (χ1) is 11.5. The van der Waals surface area contributed by atoms with Crippen LogP contribution in [0.4, 0.5) is 5.69 Å². The maximum atomic E-state index is 6.30. The van der Waals surface area contributed by atoms with Crippen LogP contribution in [0, 0.1) is 0 Å². The smallest absolute Gasteiger partial charge is 0.206 e. The Morgan fingerprint density at radius 1 is 1.21 bits per heavy atom. The number of nitrogen functional groups attached to an aromatic ring is 1. The van der Waals surface area contributed by atoms with Crippen LogP contribution >= 0.6 is 39.1 Å². The van der Waals surface area contributed by atoms with Crippen LogP contribution in [0.1, 0.15) is 5.56 Å². The lowest BCUT2D eigenvalue weighted by Crippen LogP contribution is -2.31. The molecule has 0 radical (unpaired) electrons. The van der Waals surface area contributed by atoms with E-state index in [1.807, 2.05) is 18.2 Å². The van der Waals surface area contributed by atoms with Crippen molar-refractivity contribution in [3.05, 3.63) is 58.1 Å². The Morgan fingerprint density at radius 2 is 1.96 bits per heavy atom. The van der Waals surface area contributed by atoms with Crippen LogP contribution in [-0.2, 0) is 15.3 Å². The zero-order valence-corrected chi connectivity index (χ0v) is 15.8. The lowest BCUT2D eigenvalue weighted by Gasteiger charge is -2.27. The van der Waals surface area contributed by atoms with Gasteiger partial charge in [0.1, 0.15) is 18.5 Å². The first-order valence-electron chi connectivity index (χ1n) is 7.34. The fourth-order valence-corrected chi connectivity index (χ4v) is 3.63. The Morgan fingerprint density at radius 3 is 2.62 bits per heavy atom. The highest BCUT2D eigenvalue weighted by Crippen LogP contribution is 2.40. The standard InChI is InChI=1S/C17H16BrCl2NO3/c18-10-17(15-6-1-11(19)7-16(15)20)23-9-14(24-17)8-22-13-4-2-12(21)3-5-13/h1-7,14H,8-10,21H2. The van der Waals surface area contributed by atoms with Crippen molar-refractivity contribution in [2.24, 2.45) is 0 Å². The summed E-state index contributed by atoms with van der Waals surface area (Å²) in [7, 11) is 0. The van der Waals surface area contributed by atoms with E-state index >= 15 is 0 Å². The highest BCUT2D eigenvalue weighted by Gasteiger charge is 2.44. The summed E-state index contributed by atoms with van der Waals surface area (Å²) in [4.78, 5) is 0. The minimum atomic E-state index is -0.948. The fourth-order valence-electron chi connectivity index (χ4n) is 2.48. The van der Waals surface area contributed by atoms with Crippen LogP contribution in [0.15, 0.2) is 42.5 Å². The zero-order valence-electron chi connectivity index (χ0n) is 12.7. The first kappa shape index (κ1) is 17.8. The van der Waals surface area contributed by atoms with Crippen LogP contribution in [0.5, 0.6) is 5.75 Å². The fraction of sp³-hybridized carbons (Fsp3) is 0.294. The van der Waals surface area contributed by atoms with E-state index in [4.69, 9.17) is 43.1 Å². The Balaban J connectivity index is 1.68. The van der Waals surface area contributed by atoms with Crippen molar-refractivity contribution in [3.8, 4) is 5.75 Å². The average molecular weight is 433 g/mol. The normalized spacial score (nSPS) is 23.4. The number of nitrogens with two attached hydrogens (primary N) is 1. The first-order valence-corrected chi connectivity index (χ1v) is 9.22. The number of alkyl halides is 1. The van der Waals surface area contributed by atoms with Gasteiger partial charge in [0.25, 0.3) is 0 Å². The van der Waals surface area contributed by atoms with E-state index in [0.29, 0.717) is 34.3 Å². The Hall–Kier alpha value is -0.980. The zero-order chi connectivity index (χ0) is 17.2. The van der Waals surface area contributed by atoms with Crippen molar-refractivity contribution >= 4 is 44.8 Å². The van der Waals surface area contributed by atoms with E-state index in [-0.39, 0.29) is 6.10 Å². The Kier molecular flexibility index (Phi) is 5.57. The minimum absolute atomic E-state index is 0.216. The summed E-state index contributed by atoms with van der Waals surface area (Å²) in [5.74, 6) is -0.217. The predicted molar refractivity (Wildman–Crippen MR) is 99.1 cm³/mol. The number of hydrogen-bond donors (Lipinski definition) is 1. The molecule has 0 aromatic heterocycles. The van der Waals surface area contributed by atoms with E-state index in [2.05, 4.69) is 15.9 Å². The van der Waals surface area contributed by atoms with Crippen molar-refractivity contribution in [3.63, 3.8) is 0 Å². The summed E-state index contributed by atoms with van der Waals surface area (Å²) in [5, 5.41) is 1.51. The van der Waals surface area contributed by atoms with Gasteiger partial charge in [0, 0.05) is 16.3 Å². The number of hydrogen-bond acceptors (Lipinski definition) is 4. The highest BCUT2D eigenvalue weighted by molar-refractivity contribution is 9.09. The molecule has 0 aliphatic carbocycles. The minimum Gasteiger partial charge on any atom is -0.491 e. The van der Waals surface area contributed by atoms with Gasteiger partial charge in [-0.1, -0.05) is 45.2 Å². The van der Waals surface area contributed by atoms with Crippen molar-refractivity contribution in [2.75, 3.05) is 24.3 Å². The van der Waals surface area contributed by atoms with Gasteiger partial charge in [-0.15, -0.1) is 0 Å². The molecule has 2 aromatic rings. The molecule has 1 fully saturated rings. The summed E-state index contributed by atoms with van der Waals surface area (Å²) >= 11 is 15.7. The molecule has 4 nitrogen and oxygen atoms in total. The molecule has 7 heteroatoms. The molecular formula is C17H16BrCl2NO3. The Labute approximate surface area is 158 Å². The van der Waals surface area contributed by atoms with Gasteiger partial charge in [0.2, 0.25) is 5.79 Å². The van der Waals surface area contributed by atoms with Crippen molar-refractivity contribution < 1.29 is 14.2 Å². The van der Waals surface area contributed by atoms with Crippen LogP contribution in [0.3, 0.4) is 0 Å². The molecule has 0 spiro atoms. The van der Waals surface area contributed by atoms with Gasteiger partial charge >= 0.3 is 0 Å². The monoisotopic (exact) mass is 431 g/mol. The van der Waals surface area contributed by atoms with Crippen molar-refractivity contribution in [1.29, 1.82) is 0 Å². The van der Waals surface area contributed by atoms with E-state index < -0.39 is 5.79 Å². The topological polar surface area (TPSA) is 53.7 Å². The van der Waals surface area contributed by atoms with Crippen LogP contribution in [0.25, 0.3) is 0 Å². The molecule has 2 atom stereocenters. The number of rotatable bonds is 5. The molecule has 1 aliphatic heterocycles. The van der Waals surface area contributed by atoms with Crippen LogP contribution in [0.2, 0.25) is 10.0 Å². The quantitative estimate of drug-likeness (QED) is 0.553. The second-order valence-electron chi connectivity index (χ2n) is 5.44. The summed E-state index contributed by atoms with van der Waals surface area (Å²) in [6.07, 6.45) is -0.216. The van der Waals surface area contributed by atoms with Crippen molar-refractivity contribution in [2.45, 2.75) is 11.9 Å². The van der Waals surface area contributed by atoms with E-state index in [1.54, 1.807) is 24.3 Å². The van der Waals surface area contributed by atoms with Gasteiger partial charge in [-0.25, -0.2) is 0 Å². The molecule has 2 N–H and O–H groups in total. The molecular weight excluding hydrogens is 417 g/mol. The SMILES string of the molecule is Nc1ccc(OCC2COC(CBr)(c3ccc(Cl)cc3Cl)O2)cc1. The van der Waals surface area contributed by atoms with Gasteiger partial charge in [0.05, 0.1) is 17.0 Å². The second-order valence-corrected chi connectivity index (χ2v) is 6.85. The van der Waals surface area contributed by atoms with Crippen molar-refractivity contribution in [1.82, 2.24) is 0 Å². The van der Waals surface area contributed by atoms with Gasteiger partial charge in [0.15, 0.2) is 0 Å². The molecule has 0 bridgehead atoms. The summed E-state index contributed by atoms with van der Waals surface area (Å²) in [6, 6.07) is 12.5. The van der Waals surface area contributed by atoms with Gasteiger partial charge in [-0.3, -0.25) is 0 Å². The maximum Gasteiger partial charge on any atom is 0.206 e. The largest absolute Gasteiger partial charge is 0.491 e. The second kappa shape index (κ2) is 7.50. The lowest BCUT2D eigenvalue weighted by atomic mass is 10.1. The van der Waals surface area contributed by atoms with E-state index in [0.717, 1.165) is 11.3 Å². The van der Waals surface area contributed by atoms with Gasteiger partial charge in [-0.2, -0.15) is 0 Å². The van der Waals surface area contributed by atoms with Gasteiger partial charge in [-0.05, 0) is 36.4 Å². The number of benzene rings is 2. The molecule has 0 amide bonds. The third-order valence-corrected chi connectivity index (χ3v) is 4.98. The molecule has 1 saturated heterocycles. The molecule has 1 heterocycles. The Bertz CT molecular complexity index is 713. The summed E-state index contributed by atoms with van der Waals surface area (Å²) < 4.78 is 17.8. The third-order valence-electron chi connectivity index (χ3n) is 3.69. The molecule has 24 heavy (non-hydrogen) atoms. The third kappa shape index (κ3) is 3.81.